The van der Waals surface area contributed by atoms with Crippen molar-refractivity contribution in [2.75, 3.05) is 5.32 Å². The van der Waals surface area contributed by atoms with E-state index in [1.165, 1.54) is 4.90 Å². The number of para-hydroxylation sites is 1. The molecule has 202 valence electrons. The Kier molecular flexibility index (Phi) is 6.97. The van der Waals surface area contributed by atoms with E-state index in [0.29, 0.717) is 24.4 Å². The van der Waals surface area contributed by atoms with E-state index in [1.807, 2.05) is 54.6 Å². The van der Waals surface area contributed by atoms with Gasteiger partial charge in [-0.25, -0.2) is 9.59 Å². The Labute approximate surface area is 224 Å². The number of anilines is 1. The number of carboxylic acids is 1. The molecule has 2 N–H and O–H groups in total. The molecule has 5 rings (SSSR count). The third-order valence-electron chi connectivity index (χ3n) is 8.80. The van der Waals surface area contributed by atoms with E-state index in [0.717, 1.165) is 36.8 Å². The van der Waals surface area contributed by atoms with Crippen LogP contribution in [-0.2, 0) is 25.5 Å². The number of hydrogen-bond donors (Lipinski definition) is 2. The van der Waals surface area contributed by atoms with Gasteiger partial charge in [-0.05, 0) is 67.1 Å². The zero-order chi connectivity index (χ0) is 27.1. The number of nitrogens with one attached hydrogen (secondary N) is 1. The second-order valence-electron chi connectivity index (χ2n) is 12.2. The van der Waals surface area contributed by atoms with E-state index in [9.17, 15) is 19.5 Å². The molecule has 0 spiro atoms. The fraction of sp³-hybridized carbons (Fsp3) is 0.516. The maximum Gasteiger partial charge on any atom is 0.342 e. The highest BCUT2D eigenvalue weighted by Gasteiger charge is 2.58. The first-order valence-electron chi connectivity index (χ1n) is 13.8. The van der Waals surface area contributed by atoms with Crippen LogP contribution in [0.2, 0.25) is 0 Å². The molecule has 2 aromatic carbocycles. The second-order valence-corrected chi connectivity index (χ2v) is 12.2. The molecular formula is C31H38N2O5. The van der Waals surface area contributed by atoms with Gasteiger partial charge in [0, 0.05) is 12.1 Å². The van der Waals surface area contributed by atoms with E-state index in [1.54, 1.807) is 0 Å². The minimum Gasteiger partial charge on any atom is -0.480 e. The number of rotatable bonds is 5. The molecule has 38 heavy (non-hydrogen) atoms. The Morgan fingerprint density at radius 1 is 0.921 bits per heavy atom. The number of benzene rings is 2. The lowest BCUT2D eigenvalue weighted by atomic mass is 9.72. The fourth-order valence-electron chi connectivity index (χ4n) is 6.55. The van der Waals surface area contributed by atoms with Gasteiger partial charge in [0.05, 0.1) is 6.04 Å². The van der Waals surface area contributed by atoms with Gasteiger partial charge in [-0.15, -0.1) is 0 Å². The smallest absolute Gasteiger partial charge is 0.342 e. The summed E-state index contributed by atoms with van der Waals surface area (Å²) in [4.78, 5) is 42.2. The maximum absolute atomic E-state index is 14.5. The van der Waals surface area contributed by atoms with Gasteiger partial charge in [-0.3, -0.25) is 4.79 Å². The topological polar surface area (TPSA) is 95.9 Å². The molecule has 7 nitrogen and oxygen atoms in total. The third-order valence-corrected chi connectivity index (χ3v) is 8.80. The number of ether oxygens (including phenoxy) is 1. The highest BCUT2D eigenvalue weighted by molar-refractivity contribution is 6.13. The molecule has 3 aliphatic rings. The first-order valence-corrected chi connectivity index (χ1v) is 13.8. The van der Waals surface area contributed by atoms with Crippen LogP contribution < -0.4 is 5.32 Å². The predicted molar refractivity (Wildman–Crippen MR) is 144 cm³/mol. The number of hydrogen-bond acceptors (Lipinski definition) is 5. The quantitative estimate of drug-likeness (QED) is 0.409. The van der Waals surface area contributed by atoms with Crippen LogP contribution in [0.15, 0.2) is 54.6 Å². The van der Waals surface area contributed by atoms with Crippen LogP contribution in [0.3, 0.4) is 0 Å². The number of amides is 1. The summed E-state index contributed by atoms with van der Waals surface area (Å²) in [5, 5.41) is 13.3. The molecule has 1 aliphatic carbocycles. The average Bonchev–Trinajstić information content (AvgIpc) is 3.52. The van der Waals surface area contributed by atoms with Crippen LogP contribution in [0, 0.1) is 11.3 Å². The Morgan fingerprint density at radius 3 is 2.21 bits per heavy atom. The standard InChI is InChI=1S/C31H38N2O5/c1-30(2,3)22-13-15-23(16-14-22)38-29(37)31(19-21-11-7-8-12-24(21)32-31)28(36)33-25(17-18-26(33)27(34)35)20-9-5-4-6-10-20/h4-12,22-23,25-26,32H,13-19H2,1-3H3,(H,34,35)/t22?,23?,25-,26+,31+/m0/s1. The lowest BCUT2D eigenvalue weighted by molar-refractivity contribution is -0.165. The monoisotopic (exact) mass is 518 g/mol. The summed E-state index contributed by atoms with van der Waals surface area (Å²) in [5.41, 5.74) is 0.919. The van der Waals surface area contributed by atoms with Crippen molar-refractivity contribution in [1.29, 1.82) is 0 Å². The molecule has 2 aliphatic heterocycles. The Bertz CT molecular complexity index is 1170. The van der Waals surface area contributed by atoms with Crippen molar-refractivity contribution in [1.82, 2.24) is 4.90 Å². The second kappa shape index (κ2) is 10.1. The SMILES string of the molecule is CC(C)(C)C1CCC(OC(=O)[C@]2(C(=O)N3[C@@H](C(=O)O)CC[C@H]3c3ccccc3)Cc3ccccc3N2)CC1. The zero-order valence-corrected chi connectivity index (χ0v) is 22.5. The highest BCUT2D eigenvalue weighted by Crippen LogP contribution is 2.43. The minimum atomic E-state index is -1.70. The number of esters is 1. The van der Waals surface area contributed by atoms with Crippen LogP contribution in [0.1, 0.15) is 76.5 Å². The number of carboxylic acid groups (broad SMARTS) is 1. The largest absolute Gasteiger partial charge is 0.480 e. The van der Waals surface area contributed by atoms with Gasteiger partial charge in [0.25, 0.3) is 5.91 Å². The summed E-state index contributed by atoms with van der Waals surface area (Å²) in [6.07, 6.45) is 4.19. The number of fused-ring (bicyclic) bond motifs is 1. The summed E-state index contributed by atoms with van der Waals surface area (Å²) in [7, 11) is 0. The van der Waals surface area contributed by atoms with Crippen molar-refractivity contribution in [2.24, 2.45) is 11.3 Å². The summed E-state index contributed by atoms with van der Waals surface area (Å²) in [6, 6.07) is 15.5. The number of nitrogens with zero attached hydrogens (tertiary/aromatic N) is 1. The molecule has 7 heteroatoms. The Balaban J connectivity index is 1.45. The van der Waals surface area contributed by atoms with Gasteiger partial charge in [0.15, 0.2) is 0 Å². The van der Waals surface area contributed by atoms with Gasteiger partial charge in [0.1, 0.15) is 12.1 Å². The van der Waals surface area contributed by atoms with Crippen molar-refractivity contribution in [3.05, 3.63) is 65.7 Å². The van der Waals surface area contributed by atoms with Gasteiger partial charge < -0.3 is 20.1 Å². The Hall–Kier alpha value is -3.35. The lowest BCUT2D eigenvalue weighted by Crippen LogP contribution is -2.61. The number of aliphatic carboxylic acids is 1. The molecule has 0 unspecified atom stereocenters. The van der Waals surface area contributed by atoms with Crippen LogP contribution in [0.4, 0.5) is 5.69 Å². The van der Waals surface area contributed by atoms with Crippen molar-refractivity contribution in [3.63, 3.8) is 0 Å². The molecule has 0 bridgehead atoms. The number of likely N-dealkylation sites (tertiary alicyclic amines) is 1. The average molecular weight is 519 g/mol. The third kappa shape index (κ3) is 4.79. The molecule has 1 saturated carbocycles. The summed E-state index contributed by atoms with van der Waals surface area (Å²) >= 11 is 0. The van der Waals surface area contributed by atoms with Crippen LogP contribution in [-0.4, -0.2) is 45.5 Å². The molecule has 1 amide bonds. The van der Waals surface area contributed by atoms with Crippen molar-refractivity contribution >= 4 is 23.5 Å². The van der Waals surface area contributed by atoms with Gasteiger partial charge in [-0.2, -0.15) is 0 Å². The Morgan fingerprint density at radius 2 is 1.58 bits per heavy atom. The van der Waals surface area contributed by atoms with Crippen LogP contribution in [0.25, 0.3) is 0 Å². The van der Waals surface area contributed by atoms with E-state index in [2.05, 4.69) is 26.1 Å². The molecule has 2 heterocycles. The fourth-order valence-corrected chi connectivity index (χ4v) is 6.55. The van der Waals surface area contributed by atoms with Gasteiger partial charge >= 0.3 is 11.9 Å². The molecule has 0 radical (unpaired) electrons. The first-order chi connectivity index (χ1) is 18.1. The van der Waals surface area contributed by atoms with Gasteiger partial charge in [-0.1, -0.05) is 69.3 Å². The molecular weight excluding hydrogens is 480 g/mol. The van der Waals surface area contributed by atoms with E-state index in [-0.39, 0.29) is 17.9 Å². The molecule has 0 aromatic heterocycles. The summed E-state index contributed by atoms with van der Waals surface area (Å²) in [5.74, 6) is -1.63. The molecule has 1 saturated heterocycles. The number of carbonyl (C=O) groups is 3. The maximum atomic E-state index is 14.5. The normalized spacial score (nSPS) is 28.9. The lowest BCUT2D eigenvalue weighted by Gasteiger charge is -2.39. The molecule has 3 atom stereocenters. The van der Waals surface area contributed by atoms with E-state index in [4.69, 9.17) is 4.74 Å². The molecule has 2 aromatic rings. The predicted octanol–water partition coefficient (Wildman–Crippen LogP) is 5.36. The van der Waals surface area contributed by atoms with E-state index < -0.39 is 35.5 Å². The van der Waals surface area contributed by atoms with Crippen LogP contribution >= 0.6 is 0 Å². The minimum absolute atomic E-state index is 0.128. The van der Waals surface area contributed by atoms with Crippen molar-refractivity contribution < 1.29 is 24.2 Å². The summed E-state index contributed by atoms with van der Waals surface area (Å²) < 4.78 is 6.09. The zero-order valence-electron chi connectivity index (χ0n) is 22.5. The first kappa shape index (κ1) is 26.3. The van der Waals surface area contributed by atoms with Crippen LogP contribution in [0.5, 0.6) is 0 Å². The highest BCUT2D eigenvalue weighted by atomic mass is 16.5. The van der Waals surface area contributed by atoms with Gasteiger partial charge in [0.2, 0.25) is 5.54 Å². The van der Waals surface area contributed by atoms with E-state index >= 15 is 0 Å². The summed E-state index contributed by atoms with van der Waals surface area (Å²) in [6.45, 7) is 6.74. The number of carbonyl (C=O) groups excluding carboxylic acids is 2. The van der Waals surface area contributed by atoms with Crippen molar-refractivity contribution in [3.8, 4) is 0 Å². The molecule has 2 fully saturated rings. The van der Waals surface area contributed by atoms with Crippen molar-refractivity contribution in [2.45, 2.75) is 89.4 Å².